The van der Waals surface area contributed by atoms with Crippen molar-refractivity contribution in [1.82, 2.24) is 4.72 Å². The fourth-order valence-corrected chi connectivity index (χ4v) is 3.91. The van der Waals surface area contributed by atoms with Gasteiger partial charge in [-0.05, 0) is 0 Å². The maximum Gasteiger partial charge on any atom is 0.397 e. The molecule has 2 rings (SSSR count). The lowest BCUT2D eigenvalue weighted by Gasteiger charge is -2.45. The average molecular weight is 515 g/mol. The van der Waals surface area contributed by atoms with Crippen molar-refractivity contribution in [1.29, 1.82) is 0 Å². The summed E-state index contributed by atoms with van der Waals surface area (Å²) in [4.78, 5) is 11.2. The van der Waals surface area contributed by atoms with Crippen molar-refractivity contribution in [3.63, 3.8) is 0 Å². The van der Waals surface area contributed by atoms with Crippen molar-refractivity contribution in [2.24, 2.45) is 0 Å². The number of aliphatic hydroxyl groups excluding tert-OH is 5. The van der Waals surface area contributed by atoms with Crippen molar-refractivity contribution in [2.75, 3.05) is 6.61 Å². The van der Waals surface area contributed by atoms with Gasteiger partial charge in [-0.1, -0.05) is 0 Å². The first-order valence-corrected chi connectivity index (χ1v) is 11.3. The van der Waals surface area contributed by atoms with Crippen LogP contribution in [-0.2, 0) is 43.9 Å². The van der Waals surface area contributed by atoms with Gasteiger partial charge in [0.1, 0.15) is 42.7 Å². The molecule has 2 fully saturated rings. The SMILES string of the molecule is O=C(O)[C@@H]1O[C@@H](O[C@H]2[C@H](O)[C@@H](NS(=O)(=O)O)[C@H](O)O[C@@H]2COS(=O)(=O)O)[C@H](O)[C@@H](O)[C@@H]1O. The van der Waals surface area contributed by atoms with E-state index in [-0.39, 0.29) is 0 Å². The van der Waals surface area contributed by atoms with Crippen LogP contribution in [0, 0.1) is 0 Å². The molecule has 0 radical (unpaired) electrons. The predicted octanol–water partition coefficient (Wildman–Crippen LogP) is -6.08. The molecule has 20 heteroatoms. The maximum absolute atomic E-state index is 11.2. The van der Waals surface area contributed by atoms with E-state index in [0.717, 1.165) is 0 Å². The lowest BCUT2D eigenvalue weighted by atomic mass is 9.96. The zero-order valence-corrected chi connectivity index (χ0v) is 17.2. The summed E-state index contributed by atoms with van der Waals surface area (Å²) in [7, 11) is -10.1. The number of aliphatic carboxylic acids is 1. The monoisotopic (exact) mass is 515 g/mol. The average Bonchev–Trinajstić information content (AvgIpc) is 2.64. The molecule has 0 unspecified atom stereocenters. The highest BCUT2D eigenvalue weighted by atomic mass is 32.3. The van der Waals surface area contributed by atoms with Crippen molar-refractivity contribution < 1.29 is 79.8 Å². The molecule has 0 amide bonds. The van der Waals surface area contributed by atoms with E-state index in [1.54, 1.807) is 0 Å². The third-order valence-corrected chi connectivity index (χ3v) is 5.47. The molecule has 2 saturated heterocycles. The van der Waals surface area contributed by atoms with Crippen LogP contribution in [0.3, 0.4) is 0 Å². The number of carbonyl (C=O) groups is 1. The van der Waals surface area contributed by atoms with Gasteiger partial charge < -0.3 is 44.8 Å². The summed E-state index contributed by atoms with van der Waals surface area (Å²) in [6, 6.07) is -2.05. The van der Waals surface area contributed by atoms with Gasteiger partial charge >= 0.3 is 26.7 Å². The topological polar surface area (TPSA) is 296 Å². The molecule has 0 bridgehead atoms. The summed E-state index contributed by atoms with van der Waals surface area (Å²) in [5, 5.41) is 58.9. The number of aliphatic hydroxyl groups is 5. The van der Waals surface area contributed by atoms with Gasteiger partial charge in [0.2, 0.25) is 0 Å². The molecule has 18 nitrogen and oxygen atoms in total. The Kier molecular flexibility index (Phi) is 8.50. The Bertz CT molecular complexity index is 876. The fraction of sp³-hybridized carbons (Fsp3) is 0.917. The maximum atomic E-state index is 11.2. The van der Waals surface area contributed by atoms with Crippen LogP contribution in [0.15, 0.2) is 0 Å². The minimum atomic E-state index is -5.09. The van der Waals surface area contributed by atoms with Gasteiger partial charge in [-0.25, -0.2) is 8.98 Å². The minimum absolute atomic E-state index is 1.16. The van der Waals surface area contributed by atoms with Crippen LogP contribution in [0.1, 0.15) is 0 Å². The van der Waals surface area contributed by atoms with Crippen LogP contribution in [0.4, 0.5) is 0 Å². The number of carboxylic acid groups (broad SMARTS) is 1. The van der Waals surface area contributed by atoms with Gasteiger partial charge in [0.15, 0.2) is 18.7 Å². The molecule has 188 valence electrons. The summed E-state index contributed by atoms with van der Waals surface area (Å²) in [5.41, 5.74) is 0. The normalized spacial score (nSPS) is 41.3. The number of carboxylic acids is 1. The third-order valence-electron chi connectivity index (χ3n) is 4.46. The molecule has 2 aliphatic rings. The van der Waals surface area contributed by atoms with Crippen molar-refractivity contribution >= 4 is 26.7 Å². The number of rotatable bonds is 8. The molecule has 0 aliphatic carbocycles. The van der Waals surface area contributed by atoms with Crippen LogP contribution >= 0.6 is 0 Å². The largest absolute Gasteiger partial charge is 0.479 e. The molecule has 9 N–H and O–H groups in total. The molecule has 0 aromatic rings. The highest BCUT2D eigenvalue weighted by Gasteiger charge is 2.52. The van der Waals surface area contributed by atoms with E-state index in [9.17, 15) is 47.2 Å². The Balaban J connectivity index is 2.32. The first-order chi connectivity index (χ1) is 14.5. The van der Waals surface area contributed by atoms with Crippen molar-refractivity contribution in [3.8, 4) is 0 Å². The zero-order chi connectivity index (χ0) is 24.6. The Morgan fingerprint density at radius 1 is 0.906 bits per heavy atom. The van der Waals surface area contributed by atoms with Gasteiger partial charge in [-0.2, -0.15) is 21.6 Å². The molecule has 10 atom stereocenters. The van der Waals surface area contributed by atoms with E-state index >= 15 is 0 Å². The molecular weight excluding hydrogens is 494 g/mol. The van der Waals surface area contributed by atoms with Gasteiger partial charge in [0, 0.05) is 0 Å². The minimum Gasteiger partial charge on any atom is -0.479 e. The van der Waals surface area contributed by atoms with E-state index in [0.29, 0.717) is 0 Å². The first-order valence-electron chi connectivity index (χ1n) is 8.48. The summed E-state index contributed by atoms with van der Waals surface area (Å²) < 4.78 is 81.8. The fourth-order valence-electron chi connectivity index (χ4n) is 3.01. The summed E-state index contributed by atoms with van der Waals surface area (Å²) >= 11 is 0. The molecule has 0 aromatic carbocycles. The van der Waals surface area contributed by atoms with E-state index in [1.807, 2.05) is 0 Å². The van der Waals surface area contributed by atoms with Crippen molar-refractivity contribution in [2.45, 2.75) is 61.3 Å². The van der Waals surface area contributed by atoms with Crippen LogP contribution in [0.2, 0.25) is 0 Å². The molecule has 32 heavy (non-hydrogen) atoms. The van der Waals surface area contributed by atoms with Crippen LogP contribution in [0.5, 0.6) is 0 Å². The van der Waals surface area contributed by atoms with Crippen molar-refractivity contribution in [3.05, 3.63) is 0 Å². The number of hydrogen-bond acceptors (Lipinski definition) is 14. The van der Waals surface area contributed by atoms with E-state index in [4.69, 9.17) is 28.4 Å². The smallest absolute Gasteiger partial charge is 0.397 e. The van der Waals surface area contributed by atoms with Gasteiger partial charge in [-0.15, -0.1) is 0 Å². The molecule has 0 spiro atoms. The Morgan fingerprint density at radius 2 is 1.50 bits per heavy atom. The predicted molar refractivity (Wildman–Crippen MR) is 92.0 cm³/mol. The second kappa shape index (κ2) is 10.0. The quantitative estimate of drug-likeness (QED) is 0.136. The lowest BCUT2D eigenvalue weighted by molar-refractivity contribution is -0.339. The van der Waals surface area contributed by atoms with E-state index in [1.165, 1.54) is 4.72 Å². The Hall–Kier alpha value is -1.11. The van der Waals surface area contributed by atoms with Gasteiger partial charge in [0.25, 0.3) is 0 Å². The summed E-state index contributed by atoms with van der Waals surface area (Å²) in [5.74, 6) is -1.79. The molecular formula is C12H21NO17S2. The summed E-state index contributed by atoms with van der Waals surface area (Å²) in [6.45, 7) is -1.16. The second-order valence-corrected chi connectivity index (χ2v) is 9.00. The highest BCUT2D eigenvalue weighted by molar-refractivity contribution is 7.83. The lowest BCUT2D eigenvalue weighted by Crippen LogP contribution is -2.67. The third kappa shape index (κ3) is 6.71. The zero-order valence-electron chi connectivity index (χ0n) is 15.5. The van der Waals surface area contributed by atoms with Crippen LogP contribution in [-0.4, -0.2) is 131 Å². The Labute approximate surface area is 179 Å². The number of hydrogen-bond donors (Lipinski definition) is 9. The van der Waals surface area contributed by atoms with Crippen LogP contribution in [0.25, 0.3) is 0 Å². The highest BCUT2D eigenvalue weighted by Crippen LogP contribution is 2.29. The molecule has 2 heterocycles. The summed E-state index contributed by atoms with van der Waals surface area (Å²) in [6.07, 6.45) is -18.9. The van der Waals surface area contributed by atoms with Crippen LogP contribution < -0.4 is 4.72 Å². The van der Waals surface area contributed by atoms with Gasteiger partial charge in [-0.3, -0.25) is 9.11 Å². The molecule has 2 aliphatic heterocycles. The number of ether oxygens (including phenoxy) is 3. The molecule has 0 aromatic heterocycles. The standard InChI is InChI=1S/C12H21NO17S2/c14-4-3(13-31(21,22)23)11(20)28-2(1-27-32(24,25)26)8(4)29-12-7(17)5(15)6(16)9(30-12)10(18)19/h2-9,11-17,20H,1H2,(H,18,19)(H,21,22,23)(H,24,25,26)/t2-,3-,4-,5+,6+,7-,8-,9-,11-,12-/m1/s1. The second-order valence-electron chi connectivity index (χ2n) is 6.72. The Morgan fingerprint density at radius 3 is 2.00 bits per heavy atom. The van der Waals surface area contributed by atoms with Gasteiger partial charge in [0.05, 0.1) is 6.61 Å². The van der Waals surface area contributed by atoms with E-state index in [2.05, 4.69) is 4.18 Å². The number of nitrogens with one attached hydrogen (secondary N) is 1. The van der Waals surface area contributed by atoms with E-state index < -0.39 is 94.6 Å². The molecule has 0 saturated carbocycles. The first kappa shape index (κ1) is 27.1.